The lowest BCUT2D eigenvalue weighted by Crippen LogP contribution is -2.03. The third kappa shape index (κ3) is 3.01. The van der Waals surface area contributed by atoms with Crippen LogP contribution in [0.25, 0.3) is 6.08 Å². The van der Waals surface area contributed by atoms with Gasteiger partial charge in [0.1, 0.15) is 0 Å². The minimum atomic E-state index is -1.42. The van der Waals surface area contributed by atoms with E-state index in [1.807, 2.05) is 54.6 Å². The Hall–Kier alpha value is -2.02. The summed E-state index contributed by atoms with van der Waals surface area (Å²) in [5.41, 5.74) is 0.873. The molecule has 0 spiro atoms. The molecule has 2 nitrogen and oxygen atoms in total. The summed E-state index contributed by atoms with van der Waals surface area (Å²) in [5, 5.41) is 9.11. The van der Waals surface area contributed by atoms with E-state index >= 15 is 0 Å². The smallest absolute Gasteiger partial charge is 0.235 e. The summed E-state index contributed by atoms with van der Waals surface area (Å²) in [6.07, 6.45) is 1.66. The normalized spacial score (nSPS) is 12.8. The quantitative estimate of drug-likeness (QED) is 0.622. The van der Waals surface area contributed by atoms with Crippen molar-refractivity contribution in [2.75, 3.05) is 0 Å². The van der Waals surface area contributed by atoms with Crippen molar-refractivity contribution in [1.29, 1.82) is 5.26 Å². The molecule has 0 saturated carbocycles. The van der Waals surface area contributed by atoms with Crippen molar-refractivity contribution in [3.8, 4) is 6.07 Å². The zero-order valence-electron chi connectivity index (χ0n) is 9.61. The highest BCUT2D eigenvalue weighted by molar-refractivity contribution is 7.95. The van der Waals surface area contributed by atoms with Crippen molar-refractivity contribution in [1.82, 2.24) is 0 Å². The molecule has 0 fully saturated rings. The largest absolute Gasteiger partial charge is 0.606 e. The second kappa shape index (κ2) is 6.06. The molecule has 0 aliphatic rings. The van der Waals surface area contributed by atoms with Crippen LogP contribution in [0.2, 0.25) is 0 Å². The Kier molecular flexibility index (Phi) is 4.19. The Morgan fingerprint density at radius 1 is 1.00 bits per heavy atom. The van der Waals surface area contributed by atoms with Gasteiger partial charge in [-0.25, -0.2) is 0 Å². The van der Waals surface area contributed by atoms with Crippen molar-refractivity contribution in [2.45, 2.75) is 4.90 Å². The summed E-state index contributed by atoms with van der Waals surface area (Å²) in [4.78, 5) is 0.897. The molecule has 0 aliphatic heterocycles. The molecule has 18 heavy (non-hydrogen) atoms. The van der Waals surface area contributed by atoms with Crippen molar-refractivity contribution >= 4 is 17.3 Å². The van der Waals surface area contributed by atoms with Crippen LogP contribution in [0.5, 0.6) is 0 Å². The molecule has 88 valence electrons. The van der Waals surface area contributed by atoms with Gasteiger partial charge in [-0.1, -0.05) is 48.5 Å². The zero-order valence-corrected chi connectivity index (χ0v) is 10.4. The molecule has 1 atom stereocenters. The van der Waals surface area contributed by atoms with Crippen LogP contribution >= 0.6 is 0 Å². The third-order valence-electron chi connectivity index (χ3n) is 2.36. The summed E-state index contributed by atoms with van der Waals surface area (Å²) in [7, 11) is 0. The monoisotopic (exact) mass is 253 g/mol. The Morgan fingerprint density at radius 2 is 1.56 bits per heavy atom. The lowest BCUT2D eigenvalue weighted by molar-refractivity contribution is 0.602. The van der Waals surface area contributed by atoms with E-state index in [0.29, 0.717) is 4.90 Å². The van der Waals surface area contributed by atoms with Gasteiger partial charge in [-0.05, 0) is 17.7 Å². The molecule has 0 aliphatic carbocycles. The van der Waals surface area contributed by atoms with Gasteiger partial charge < -0.3 is 4.55 Å². The van der Waals surface area contributed by atoms with Crippen molar-refractivity contribution in [2.24, 2.45) is 0 Å². The molecule has 0 aromatic heterocycles. The number of rotatable bonds is 3. The molecule has 1 unspecified atom stereocenters. The van der Waals surface area contributed by atoms with E-state index in [-0.39, 0.29) is 4.91 Å². The number of hydrogen-bond donors (Lipinski definition) is 0. The first-order chi connectivity index (χ1) is 8.81. The maximum atomic E-state index is 12.2. The average Bonchev–Trinajstić information content (AvgIpc) is 2.46. The number of nitrogens with zero attached hydrogens (tertiary/aromatic N) is 1. The molecule has 2 aromatic rings. The van der Waals surface area contributed by atoms with E-state index in [1.165, 1.54) is 0 Å². The van der Waals surface area contributed by atoms with Crippen LogP contribution < -0.4 is 0 Å². The molecule has 0 amide bonds. The van der Waals surface area contributed by atoms with E-state index in [2.05, 4.69) is 0 Å². The summed E-state index contributed by atoms with van der Waals surface area (Å²) in [5.74, 6) is 0. The van der Waals surface area contributed by atoms with Gasteiger partial charge >= 0.3 is 0 Å². The second-order valence-corrected chi connectivity index (χ2v) is 5.06. The van der Waals surface area contributed by atoms with Gasteiger partial charge in [-0.15, -0.1) is 0 Å². The predicted molar refractivity (Wildman–Crippen MR) is 72.9 cm³/mol. The van der Waals surface area contributed by atoms with Crippen molar-refractivity contribution < 1.29 is 4.55 Å². The van der Waals surface area contributed by atoms with Crippen LogP contribution in [0, 0.1) is 11.3 Å². The van der Waals surface area contributed by atoms with Crippen molar-refractivity contribution in [3.63, 3.8) is 0 Å². The topological polar surface area (TPSA) is 46.8 Å². The number of allylic oxidation sites excluding steroid dienone is 1. The van der Waals surface area contributed by atoms with Gasteiger partial charge in [-0.3, -0.25) is 0 Å². The molecule has 0 radical (unpaired) electrons. The molecule has 0 saturated heterocycles. The van der Waals surface area contributed by atoms with E-state index in [9.17, 15) is 4.55 Å². The van der Waals surface area contributed by atoms with Gasteiger partial charge in [0.15, 0.2) is 11.0 Å². The van der Waals surface area contributed by atoms with Gasteiger partial charge in [0.2, 0.25) is 4.91 Å². The minimum Gasteiger partial charge on any atom is -0.606 e. The third-order valence-corrected chi connectivity index (χ3v) is 3.67. The van der Waals surface area contributed by atoms with Gasteiger partial charge in [-0.2, -0.15) is 5.26 Å². The lowest BCUT2D eigenvalue weighted by Gasteiger charge is -2.07. The Labute approximate surface area is 109 Å². The molecular weight excluding hydrogens is 242 g/mol. The summed E-state index contributed by atoms with van der Waals surface area (Å²) >= 11 is -1.42. The highest BCUT2D eigenvalue weighted by Crippen LogP contribution is 2.20. The highest BCUT2D eigenvalue weighted by Gasteiger charge is 2.17. The number of hydrogen-bond acceptors (Lipinski definition) is 2. The van der Waals surface area contributed by atoms with Crippen LogP contribution in [0.3, 0.4) is 0 Å². The summed E-state index contributed by atoms with van der Waals surface area (Å²) < 4.78 is 12.2. The van der Waals surface area contributed by atoms with Crippen LogP contribution in [0.15, 0.2) is 70.5 Å². The number of nitriles is 1. The van der Waals surface area contributed by atoms with E-state index in [4.69, 9.17) is 5.26 Å². The SMILES string of the molecule is N#CC(=Cc1ccccc1)[S+]([O-])c1ccccc1. The van der Waals surface area contributed by atoms with Crippen LogP contribution in [-0.2, 0) is 11.2 Å². The molecule has 0 N–H and O–H groups in total. The highest BCUT2D eigenvalue weighted by atomic mass is 32.2. The van der Waals surface area contributed by atoms with Crippen LogP contribution in [-0.4, -0.2) is 4.55 Å². The molecule has 2 aromatic carbocycles. The fourth-order valence-corrected chi connectivity index (χ4v) is 2.48. The standard InChI is InChI=1S/C15H11NOS/c16-12-15(11-13-7-3-1-4-8-13)18(17)14-9-5-2-6-10-14/h1-11H. The first-order valence-electron chi connectivity index (χ1n) is 5.45. The first-order valence-corrected chi connectivity index (χ1v) is 6.60. The lowest BCUT2D eigenvalue weighted by atomic mass is 10.2. The maximum absolute atomic E-state index is 12.2. The molecule has 0 heterocycles. The van der Waals surface area contributed by atoms with E-state index in [1.54, 1.807) is 18.2 Å². The molecule has 0 bridgehead atoms. The zero-order chi connectivity index (χ0) is 12.8. The average molecular weight is 253 g/mol. The second-order valence-electron chi connectivity index (χ2n) is 3.61. The minimum absolute atomic E-state index is 0.257. The van der Waals surface area contributed by atoms with E-state index in [0.717, 1.165) is 5.56 Å². The van der Waals surface area contributed by atoms with Crippen molar-refractivity contribution in [3.05, 3.63) is 71.1 Å². The Balaban J connectivity index is 2.30. The van der Waals surface area contributed by atoms with Gasteiger partial charge in [0, 0.05) is 17.3 Å². The fraction of sp³-hybridized carbons (Fsp3) is 0. The van der Waals surface area contributed by atoms with Gasteiger partial charge in [0.25, 0.3) is 0 Å². The Morgan fingerprint density at radius 3 is 2.11 bits per heavy atom. The molecular formula is C15H11NOS. The Bertz CT molecular complexity index is 572. The summed E-state index contributed by atoms with van der Waals surface area (Å²) in [6, 6.07) is 20.4. The fourth-order valence-electron chi connectivity index (χ4n) is 1.50. The number of benzene rings is 2. The molecule has 3 heteroatoms. The summed E-state index contributed by atoms with van der Waals surface area (Å²) in [6.45, 7) is 0. The van der Waals surface area contributed by atoms with Crippen LogP contribution in [0.1, 0.15) is 5.56 Å². The molecule has 2 rings (SSSR count). The van der Waals surface area contributed by atoms with E-state index < -0.39 is 11.2 Å². The first kappa shape index (κ1) is 12.4. The predicted octanol–water partition coefficient (Wildman–Crippen LogP) is 3.36. The van der Waals surface area contributed by atoms with Gasteiger partial charge in [0.05, 0.1) is 0 Å². The van der Waals surface area contributed by atoms with Crippen LogP contribution in [0.4, 0.5) is 0 Å². The maximum Gasteiger partial charge on any atom is 0.235 e.